The quantitative estimate of drug-likeness (QED) is 0.494. The molecule has 1 fully saturated rings. The molecule has 1 aromatic heterocycles. The third-order valence-electron chi connectivity index (χ3n) is 3.20. The molecule has 0 aliphatic carbocycles. The highest BCUT2D eigenvalue weighted by Crippen LogP contribution is 2.46. The van der Waals surface area contributed by atoms with E-state index in [1.54, 1.807) is 4.98 Å². The summed E-state index contributed by atoms with van der Waals surface area (Å²) in [6, 6.07) is 0.629. The standard InChI is InChI=1S/C10H11F3N2O6/c11-10(12,13)9(7(19)6(18)4(3-16)21-9)15-2-1-5(17)14-8(15)20/h1-2,4,6-7,16,18-19H,3H2,(H,14,17,20)/t4-,6-,7-,9+/m1/s1. The van der Waals surface area contributed by atoms with Crippen molar-refractivity contribution in [2.75, 3.05) is 6.61 Å². The molecule has 118 valence electrons. The number of nitrogens with zero attached hydrogens (tertiary/aromatic N) is 1. The molecular weight excluding hydrogens is 301 g/mol. The highest BCUT2D eigenvalue weighted by atomic mass is 19.4. The Hall–Kier alpha value is -1.69. The van der Waals surface area contributed by atoms with E-state index in [2.05, 4.69) is 4.74 Å². The number of aliphatic hydroxyl groups excluding tert-OH is 3. The van der Waals surface area contributed by atoms with Crippen LogP contribution in [0, 0.1) is 0 Å². The molecular formula is C10H11F3N2O6. The normalized spacial score (nSPS) is 33.3. The predicted molar refractivity (Wildman–Crippen MR) is 59.3 cm³/mol. The summed E-state index contributed by atoms with van der Waals surface area (Å²) in [6.07, 6.45) is -11.2. The van der Waals surface area contributed by atoms with Crippen LogP contribution in [0.15, 0.2) is 21.9 Å². The second kappa shape index (κ2) is 4.94. The lowest BCUT2D eigenvalue weighted by Gasteiger charge is -2.35. The number of rotatable bonds is 2. The number of ether oxygens (including phenoxy) is 1. The summed E-state index contributed by atoms with van der Waals surface area (Å²) in [5.74, 6) is 0. The van der Waals surface area contributed by atoms with Gasteiger partial charge >= 0.3 is 11.9 Å². The minimum Gasteiger partial charge on any atom is -0.394 e. The maximum atomic E-state index is 13.4. The number of nitrogens with one attached hydrogen (secondary N) is 1. The lowest BCUT2D eigenvalue weighted by molar-refractivity contribution is -0.333. The number of halogens is 3. The van der Waals surface area contributed by atoms with Gasteiger partial charge in [-0.15, -0.1) is 0 Å². The van der Waals surface area contributed by atoms with Crippen molar-refractivity contribution in [1.29, 1.82) is 0 Å². The van der Waals surface area contributed by atoms with Crippen molar-refractivity contribution in [1.82, 2.24) is 9.55 Å². The molecule has 0 spiro atoms. The van der Waals surface area contributed by atoms with Gasteiger partial charge in [-0.05, 0) is 0 Å². The Morgan fingerprint density at radius 2 is 2.00 bits per heavy atom. The van der Waals surface area contributed by atoms with E-state index in [0.29, 0.717) is 12.3 Å². The molecule has 4 atom stereocenters. The van der Waals surface area contributed by atoms with E-state index in [4.69, 9.17) is 5.11 Å². The zero-order valence-corrected chi connectivity index (χ0v) is 10.2. The summed E-state index contributed by atoms with van der Waals surface area (Å²) >= 11 is 0. The van der Waals surface area contributed by atoms with Crippen molar-refractivity contribution >= 4 is 0 Å². The maximum Gasteiger partial charge on any atom is 0.440 e. The second-order valence-corrected chi connectivity index (χ2v) is 4.45. The summed E-state index contributed by atoms with van der Waals surface area (Å²) in [5.41, 5.74) is -6.04. The predicted octanol–water partition coefficient (Wildman–Crippen LogP) is -2.14. The second-order valence-electron chi connectivity index (χ2n) is 4.45. The minimum atomic E-state index is -5.31. The topological polar surface area (TPSA) is 125 Å². The zero-order valence-electron chi connectivity index (χ0n) is 10.2. The van der Waals surface area contributed by atoms with Gasteiger partial charge in [0.05, 0.1) is 6.61 Å². The van der Waals surface area contributed by atoms with Gasteiger partial charge in [0.25, 0.3) is 11.3 Å². The van der Waals surface area contributed by atoms with Crippen LogP contribution in [0.2, 0.25) is 0 Å². The van der Waals surface area contributed by atoms with Crippen molar-refractivity contribution in [2.24, 2.45) is 0 Å². The number of hydrogen-bond donors (Lipinski definition) is 4. The molecule has 4 N–H and O–H groups in total. The van der Waals surface area contributed by atoms with Crippen LogP contribution in [-0.4, -0.2) is 56.0 Å². The van der Waals surface area contributed by atoms with Crippen molar-refractivity contribution < 1.29 is 33.2 Å². The van der Waals surface area contributed by atoms with Crippen molar-refractivity contribution in [3.8, 4) is 0 Å². The van der Waals surface area contributed by atoms with Gasteiger partial charge in [-0.2, -0.15) is 13.2 Å². The lowest BCUT2D eigenvalue weighted by Crippen LogP contribution is -2.60. The molecule has 0 amide bonds. The molecule has 2 heterocycles. The molecule has 11 heteroatoms. The average Bonchev–Trinajstić information content (AvgIpc) is 2.63. The molecule has 8 nitrogen and oxygen atoms in total. The van der Waals surface area contributed by atoms with Gasteiger partial charge in [0, 0.05) is 12.3 Å². The summed E-state index contributed by atoms with van der Waals surface area (Å²) in [6.45, 7) is -1.01. The molecule has 1 aromatic rings. The van der Waals surface area contributed by atoms with Crippen molar-refractivity contribution in [3.05, 3.63) is 33.1 Å². The highest BCUT2D eigenvalue weighted by molar-refractivity contribution is 5.05. The van der Waals surface area contributed by atoms with Gasteiger partial charge in [-0.25, -0.2) is 4.79 Å². The first-order valence-corrected chi connectivity index (χ1v) is 5.69. The van der Waals surface area contributed by atoms with Gasteiger partial charge in [0.15, 0.2) is 0 Å². The molecule has 0 bridgehead atoms. The number of alkyl halides is 3. The van der Waals surface area contributed by atoms with Crippen LogP contribution in [-0.2, 0) is 10.5 Å². The third-order valence-corrected chi connectivity index (χ3v) is 3.20. The minimum absolute atomic E-state index is 0.0715. The molecule has 0 aromatic carbocycles. The van der Waals surface area contributed by atoms with Gasteiger partial charge in [0.1, 0.15) is 18.3 Å². The monoisotopic (exact) mass is 312 g/mol. The number of hydrogen-bond acceptors (Lipinski definition) is 6. The summed E-state index contributed by atoms with van der Waals surface area (Å²) in [4.78, 5) is 24.1. The van der Waals surface area contributed by atoms with E-state index in [1.807, 2.05) is 0 Å². The van der Waals surface area contributed by atoms with Crippen LogP contribution in [0.4, 0.5) is 13.2 Å². The fraction of sp³-hybridized carbons (Fsp3) is 0.600. The first-order chi connectivity index (χ1) is 9.65. The summed E-state index contributed by atoms with van der Waals surface area (Å²) in [5, 5.41) is 28.2. The van der Waals surface area contributed by atoms with Crippen LogP contribution in [0.3, 0.4) is 0 Å². The number of H-pyrrole nitrogens is 1. The van der Waals surface area contributed by atoms with Gasteiger partial charge in [0.2, 0.25) is 0 Å². The Balaban J connectivity index is 2.71. The van der Waals surface area contributed by atoms with E-state index < -0.39 is 48.1 Å². The van der Waals surface area contributed by atoms with E-state index in [1.165, 1.54) is 0 Å². The van der Waals surface area contributed by atoms with Crippen LogP contribution < -0.4 is 11.2 Å². The Morgan fingerprint density at radius 3 is 2.43 bits per heavy atom. The number of aliphatic hydroxyl groups is 3. The molecule has 2 rings (SSSR count). The Labute approximate surface area is 114 Å². The third kappa shape index (κ3) is 2.18. The van der Waals surface area contributed by atoms with Gasteiger partial charge < -0.3 is 20.1 Å². The average molecular weight is 312 g/mol. The molecule has 1 aliphatic rings. The van der Waals surface area contributed by atoms with E-state index in [0.717, 1.165) is 0 Å². The Morgan fingerprint density at radius 1 is 1.38 bits per heavy atom. The molecule has 21 heavy (non-hydrogen) atoms. The fourth-order valence-corrected chi connectivity index (χ4v) is 2.20. The van der Waals surface area contributed by atoms with E-state index in [9.17, 15) is 33.0 Å². The molecule has 0 unspecified atom stereocenters. The van der Waals surface area contributed by atoms with Crippen LogP contribution in [0.1, 0.15) is 0 Å². The highest BCUT2D eigenvalue weighted by Gasteiger charge is 2.70. The number of aromatic amines is 1. The van der Waals surface area contributed by atoms with Crippen molar-refractivity contribution in [3.63, 3.8) is 0 Å². The fourth-order valence-electron chi connectivity index (χ4n) is 2.20. The maximum absolute atomic E-state index is 13.4. The van der Waals surface area contributed by atoms with Crippen LogP contribution in [0.25, 0.3) is 0 Å². The van der Waals surface area contributed by atoms with Crippen molar-refractivity contribution in [2.45, 2.75) is 30.2 Å². The van der Waals surface area contributed by atoms with Crippen LogP contribution >= 0.6 is 0 Å². The molecule has 0 saturated carbocycles. The van der Waals surface area contributed by atoms with E-state index >= 15 is 0 Å². The number of aromatic nitrogens is 2. The smallest absolute Gasteiger partial charge is 0.394 e. The Kier molecular flexibility index (Phi) is 3.70. The van der Waals surface area contributed by atoms with Gasteiger partial charge in [-0.3, -0.25) is 14.3 Å². The summed E-state index contributed by atoms with van der Waals surface area (Å²) in [7, 11) is 0. The summed E-state index contributed by atoms with van der Waals surface area (Å²) < 4.78 is 44.6. The first-order valence-electron chi connectivity index (χ1n) is 5.69. The van der Waals surface area contributed by atoms with Crippen LogP contribution in [0.5, 0.6) is 0 Å². The van der Waals surface area contributed by atoms with Gasteiger partial charge in [-0.1, -0.05) is 0 Å². The zero-order chi connectivity index (χ0) is 16.0. The largest absolute Gasteiger partial charge is 0.440 e. The first kappa shape index (κ1) is 15.7. The SMILES string of the molecule is O=c1ccn([C@]2(C(F)(F)F)O[C@H](CO)[C@@H](O)[C@H]2O)c(=O)[nH]1. The molecule has 1 aliphatic heterocycles. The Bertz CT molecular complexity index is 641. The lowest BCUT2D eigenvalue weighted by atomic mass is 10.0. The molecule has 0 radical (unpaired) electrons. The molecule has 1 saturated heterocycles. The van der Waals surface area contributed by atoms with E-state index in [-0.39, 0.29) is 4.57 Å².